The Balaban J connectivity index is 2.39. The van der Waals surface area contributed by atoms with E-state index in [4.69, 9.17) is 10.5 Å². The van der Waals surface area contributed by atoms with Gasteiger partial charge >= 0.3 is 6.18 Å². The lowest BCUT2D eigenvalue weighted by atomic mass is 10.0. The van der Waals surface area contributed by atoms with Crippen molar-refractivity contribution in [2.45, 2.75) is 12.6 Å². The van der Waals surface area contributed by atoms with Crippen molar-refractivity contribution in [3.8, 4) is 5.75 Å². The molecule has 0 unspecified atom stereocenters. The van der Waals surface area contributed by atoms with Gasteiger partial charge in [0.05, 0.1) is 0 Å². The third-order valence-corrected chi connectivity index (χ3v) is 2.78. The number of ether oxygens (including phenoxy) is 1. The molecule has 5 heteroatoms. The first-order valence-corrected chi connectivity index (χ1v) is 5.91. The average molecular weight is 269 g/mol. The van der Waals surface area contributed by atoms with Gasteiger partial charge in [-0.15, -0.1) is 0 Å². The molecule has 0 aliphatic heterocycles. The fourth-order valence-electron chi connectivity index (χ4n) is 2.01. The van der Waals surface area contributed by atoms with Crippen LogP contribution in [0.3, 0.4) is 0 Å². The Kier molecular flexibility index (Phi) is 3.95. The van der Waals surface area contributed by atoms with Crippen LogP contribution in [0.5, 0.6) is 5.75 Å². The number of fused-ring (bicyclic) bond motifs is 1. The summed E-state index contributed by atoms with van der Waals surface area (Å²) >= 11 is 0. The Morgan fingerprint density at radius 3 is 2.47 bits per heavy atom. The van der Waals surface area contributed by atoms with Crippen LogP contribution in [0.25, 0.3) is 10.8 Å². The minimum Gasteiger partial charge on any atom is -0.484 e. The fourth-order valence-corrected chi connectivity index (χ4v) is 2.01. The first-order valence-electron chi connectivity index (χ1n) is 5.91. The van der Waals surface area contributed by atoms with Gasteiger partial charge in [0, 0.05) is 5.56 Å². The normalized spacial score (nSPS) is 11.8. The summed E-state index contributed by atoms with van der Waals surface area (Å²) in [7, 11) is 0. The minimum absolute atomic E-state index is 0.251. The highest BCUT2D eigenvalue weighted by atomic mass is 19.4. The zero-order chi connectivity index (χ0) is 13.9. The van der Waals surface area contributed by atoms with Crippen molar-refractivity contribution in [1.82, 2.24) is 0 Å². The van der Waals surface area contributed by atoms with Gasteiger partial charge in [0.1, 0.15) is 5.75 Å². The maximum absolute atomic E-state index is 12.2. The Morgan fingerprint density at radius 2 is 1.79 bits per heavy atom. The molecule has 0 spiro atoms. The molecule has 0 aromatic heterocycles. The summed E-state index contributed by atoms with van der Waals surface area (Å²) in [4.78, 5) is 0. The average Bonchev–Trinajstić information content (AvgIpc) is 2.37. The van der Waals surface area contributed by atoms with Gasteiger partial charge < -0.3 is 10.5 Å². The molecule has 2 aromatic carbocycles. The highest BCUT2D eigenvalue weighted by Crippen LogP contribution is 2.29. The van der Waals surface area contributed by atoms with E-state index < -0.39 is 12.8 Å². The molecule has 2 aromatic rings. The number of nitrogens with two attached hydrogens (primary N) is 1. The predicted octanol–water partition coefficient (Wildman–Crippen LogP) is 3.28. The maximum Gasteiger partial charge on any atom is 0.422 e. The predicted molar refractivity (Wildman–Crippen MR) is 68.3 cm³/mol. The third-order valence-electron chi connectivity index (χ3n) is 2.78. The van der Waals surface area contributed by atoms with Gasteiger partial charge in [-0.1, -0.05) is 30.3 Å². The van der Waals surface area contributed by atoms with Crippen molar-refractivity contribution < 1.29 is 17.9 Å². The molecule has 0 radical (unpaired) electrons. The van der Waals surface area contributed by atoms with E-state index in [1.54, 1.807) is 12.1 Å². The Hall–Kier alpha value is -1.75. The largest absolute Gasteiger partial charge is 0.484 e. The van der Waals surface area contributed by atoms with Crippen LogP contribution in [0.4, 0.5) is 13.2 Å². The molecule has 2 rings (SSSR count). The van der Waals surface area contributed by atoms with Crippen molar-refractivity contribution in [2.75, 3.05) is 13.2 Å². The van der Waals surface area contributed by atoms with Crippen LogP contribution >= 0.6 is 0 Å². The molecule has 19 heavy (non-hydrogen) atoms. The molecule has 2 N–H and O–H groups in total. The first-order chi connectivity index (χ1) is 9.01. The van der Waals surface area contributed by atoms with E-state index >= 15 is 0 Å². The summed E-state index contributed by atoms with van der Waals surface area (Å²) in [5.74, 6) is 0.251. The standard InChI is InChI=1S/C14H14F3NO/c15-14(16,17)9-19-13-6-5-10-3-1-2-4-11(10)12(13)7-8-18/h1-6H,7-9,18H2. The minimum atomic E-state index is -4.34. The fraction of sp³-hybridized carbons (Fsp3) is 0.286. The second-order valence-corrected chi connectivity index (χ2v) is 4.21. The van der Waals surface area contributed by atoms with Gasteiger partial charge in [0.25, 0.3) is 0 Å². The summed E-state index contributed by atoms with van der Waals surface area (Å²) in [5.41, 5.74) is 6.25. The molecule has 102 valence electrons. The Bertz CT molecular complexity index is 566. The number of hydrogen-bond donors (Lipinski definition) is 1. The molecule has 0 atom stereocenters. The van der Waals surface area contributed by atoms with Crippen LogP contribution in [0.2, 0.25) is 0 Å². The topological polar surface area (TPSA) is 35.2 Å². The van der Waals surface area contributed by atoms with E-state index in [1.165, 1.54) is 0 Å². The van der Waals surface area contributed by atoms with Gasteiger partial charge in [0.15, 0.2) is 6.61 Å². The lowest BCUT2D eigenvalue weighted by Crippen LogP contribution is -2.20. The molecule has 0 heterocycles. The third kappa shape index (κ3) is 3.38. The number of alkyl halides is 3. The van der Waals surface area contributed by atoms with Crippen molar-refractivity contribution in [3.63, 3.8) is 0 Å². The molecule has 0 saturated carbocycles. The van der Waals surface area contributed by atoms with Gasteiger partial charge in [0.2, 0.25) is 0 Å². The highest BCUT2D eigenvalue weighted by Gasteiger charge is 2.28. The van der Waals surface area contributed by atoms with Gasteiger partial charge in [-0.2, -0.15) is 13.2 Å². The molecule has 0 fully saturated rings. The van der Waals surface area contributed by atoms with Crippen molar-refractivity contribution in [1.29, 1.82) is 0 Å². The SMILES string of the molecule is NCCc1c(OCC(F)(F)F)ccc2ccccc12. The number of hydrogen-bond acceptors (Lipinski definition) is 2. The van der Waals surface area contributed by atoms with Crippen molar-refractivity contribution in [2.24, 2.45) is 5.73 Å². The monoisotopic (exact) mass is 269 g/mol. The Morgan fingerprint density at radius 1 is 1.05 bits per heavy atom. The second-order valence-electron chi connectivity index (χ2n) is 4.21. The summed E-state index contributed by atoms with van der Waals surface area (Å²) in [6.07, 6.45) is -3.86. The molecule has 0 aliphatic rings. The van der Waals surface area contributed by atoms with Crippen LogP contribution in [0.15, 0.2) is 36.4 Å². The molecular weight excluding hydrogens is 255 g/mol. The van der Waals surface area contributed by atoms with E-state index in [1.807, 2.05) is 24.3 Å². The lowest BCUT2D eigenvalue weighted by molar-refractivity contribution is -0.153. The summed E-state index contributed by atoms with van der Waals surface area (Å²) in [6.45, 7) is -0.931. The molecule has 0 bridgehead atoms. The summed E-state index contributed by atoms with van der Waals surface area (Å²) < 4.78 is 41.6. The van der Waals surface area contributed by atoms with E-state index in [0.717, 1.165) is 16.3 Å². The quantitative estimate of drug-likeness (QED) is 0.924. The van der Waals surface area contributed by atoms with Crippen LogP contribution in [-0.4, -0.2) is 19.3 Å². The zero-order valence-corrected chi connectivity index (χ0v) is 10.2. The molecule has 0 amide bonds. The van der Waals surface area contributed by atoms with Crippen molar-refractivity contribution >= 4 is 10.8 Å². The van der Waals surface area contributed by atoms with E-state index in [-0.39, 0.29) is 5.75 Å². The van der Waals surface area contributed by atoms with Gasteiger partial charge in [-0.25, -0.2) is 0 Å². The molecular formula is C14H14F3NO. The summed E-state index contributed by atoms with van der Waals surface area (Å²) in [6, 6.07) is 10.8. The first kappa shape index (κ1) is 13.7. The summed E-state index contributed by atoms with van der Waals surface area (Å²) in [5, 5.41) is 1.85. The number of halogens is 3. The van der Waals surface area contributed by atoms with Gasteiger partial charge in [-0.05, 0) is 29.8 Å². The van der Waals surface area contributed by atoms with E-state index in [9.17, 15) is 13.2 Å². The highest BCUT2D eigenvalue weighted by molar-refractivity contribution is 5.87. The lowest BCUT2D eigenvalue weighted by Gasteiger charge is -2.15. The van der Waals surface area contributed by atoms with E-state index in [0.29, 0.717) is 13.0 Å². The molecule has 0 aliphatic carbocycles. The zero-order valence-electron chi connectivity index (χ0n) is 10.2. The van der Waals surface area contributed by atoms with Crippen LogP contribution in [0, 0.1) is 0 Å². The maximum atomic E-state index is 12.2. The molecule has 0 saturated heterocycles. The number of benzene rings is 2. The van der Waals surface area contributed by atoms with Crippen molar-refractivity contribution in [3.05, 3.63) is 42.0 Å². The van der Waals surface area contributed by atoms with Gasteiger partial charge in [-0.3, -0.25) is 0 Å². The number of rotatable bonds is 4. The Labute approximate surface area is 109 Å². The van der Waals surface area contributed by atoms with Crippen LogP contribution in [-0.2, 0) is 6.42 Å². The molecule has 2 nitrogen and oxygen atoms in total. The second kappa shape index (κ2) is 5.48. The van der Waals surface area contributed by atoms with Crippen LogP contribution in [0.1, 0.15) is 5.56 Å². The smallest absolute Gasteiger partial charge is 0.422 e. The van der Waals surface area contributed by atoms with E-state index in [2.05, 4.69) is 0 Å². The van der Waals surface area contributed by atoms with Crippen LogP contribution < -0.4 is 10.5 Å².